The maximum Gasteiger partial charge on any atom is 0.246 e. The average molecular weight is 312 g/mol. The van der Waals surface area contributed by atoms with Gasteiger partial charge >= 0.3 is 0 Å². The van der Waals surface area contributed by atoms with Crippen LogP contribution in [-0.2, 0) is 6.54 Å². The maximum atomic E-state index is 8.81. The highest BCUT2D eigenvalue weighted by Gasteiger charge is 2.09. The Labute approximate surface area is 131 Å². The molecule has 0 aliphatic carbocycles. The van der Waals surface area contributed by atoms with Gasteiger partial charge in [0.15, 0.2) is 0 Å². The number of aromatic nitrogens is 3. The Hall–Kier alpha value is -2.91. The SMILES string of the molecule is N#Cc1cccc(NCc2nc(-c3cccc(Cl)c3)no2)n1. The fraction of sp³-hybridized carbons (Fsp3) is 0.0667. The van der Waals surface area contributed by atoms with Crippen LogP contribution in [0.4, 0.5) is 5.82 Å². The second-order valence-corrected chi connectivity index (χ2v) is 4.83. The third-order valence-electron chi connectivity index (χ3n) is 2.84. The number of nitrogens with one attached hydrogen (secondary N) is 1. The fourth-order valence-electron chi connectivity index (χ4n) is 1.83. The van der Waals surface area contributed by atoms with Crippen LogP contribution in [0, 0.1) is 11.3 Å². The van der Waals surface area contributed by atoms with Gasteiger partial charge in [-0.3, -0.25) is 0 Å². The van der Waals surface area contributed by atoms with Gasteiger partial charge in [-0.1, -0.05) is 35.0 Å². The van der Waals surface area contributed by atoms with Gasteiger partial charge in [-0.15, -0.1) is 0 Å². The molecule has 2 aromatic heterocycles. The van der Waals surface area contributed by atoms with Gasteiger partial charge in [-0.25, -0.2) is 4.98 Å². The summed E-state index contributed by atoms with van der Waals surface area (Å²) in [6.45, 7) is 0.315. The summed E-state index contributed by atoms with van der Waals surface area (Å²) in [6, 6.07) is 14.3. The Bertz CT molecular complexity index is 840. The van der Waals surface area contributed by atoms with Crippen LogP contribution in [0.5, 0.6) is 0 Å². The molecule has 1 N–H and O–H groups in total. The molecule has 22 heavy (non-hydrogen) atoms. The molecule has 0 aliphatic heterocycles. The zero-order valence-corrected chi connectivity index (χ0v) is 12.1. The molecule has 0 saturated heterocycles. The predicted octanol–water partition coefficient (Wildman–Crippen LogP) is 3.27. The van der Waals surface area contributed by atoms with Gasteiger partial charge in [0.05, 0.1) is 6.54 Å². The third-order valence-corrected chi connectivity index (χ3v) is 3.07. The van der Waals surface area contributed by atoms with Crippen molar-refractivity contribution in [1.82, 2.24) is 15.1 Å². The van der Waals surface area contributed by atoms with Crippen LogP contribution >= 0.6 is 11.6 Å². The first-order valence-corrected chi connectivity index (χ1v) is 6.82. The number of benzene rings is 1. The van der Waals surface area contributed by atoms with Gasteiger partial charge < -0.3 is 9.84 Å². The molecule has 7 heteroatoms. The lowest BCUT2D eigenvalue weighted by molar-refractivity contribution is 0.384. The highest BCUT2D eigenvalue weighted by atomic mass is 35.5. The highest BCUT2D eigenvalue weighted by Crippen LogP contribution is 2.20. The molecular weight excluding hydrogens is 302 g/mol. The van der Waals surface area contributed by atoms with Gasteiger partial charge in [-0.2, -0.15) is 10.2 Å². The number of rotatable bonds is 4. The predicted molar refractivity (Wildman–Crippen MR) is 81.0 cm³/mol. The summed E-state index contributed by atoms with van der Waals surface area (Å²) in [4.78, 5) is 8.39. The van der Waals surface area contributed by atoms with E-state index >= 15 is 0 Å². The van der Waals surface area contributed by atoms with Crippen molar-refractivity contribution in [3.8, 4) is 17.5 Å². The number of nitrogens with zero attached hydrogens (tertiary/aromatic N) is 4. The van der Waals surface area contributed by atoms with E-state index in [4.69, 9.17) is 21.4 Å². The van der Waals surface area contributed by atoms with Crippen LogP contribution in [0.25, 0.3) is 11.4 Å². The van der Waals surface area contributed by atoms with Crippen LogP contribution in [-0.4, -0.2) is 15.1 Å². The molecule has 108 valence electrons. The first-order chi connectivity index (χ1) is 10.7. The average Bonchev–Trinajstić information content (AvgIpc) is 3.02. The standard InChI is InChI=1S/C15H10ClN5O/c16-11-4-1-3-10(7-11)15-20-14(22-21-15)9-18-13-6-2-5-12(8-17)19-13/h1-7H,9H2,(H,18,19). The zero-order valence-electron chi connectivity index (χ0n) is 11.3. The van der Waals surface area contributed by atoms with Crippen molar-refractivity contribution in [3.63, 3.8) is 0 Å². The van der Waals surface area contributed by atoms with E-state index in [2.05, 4.69) is 20.4 Å². The summed E-state index contributed by atoms with van der Waals surface area (Å²) >= 11 is 5.94. The first-order valence-electron chi connectivity index (χ1n) is 6.44. The van der Waals surface area contributed by atoms with Crippen molar-refractivity contribution in [2.75, 3.05) is 5.32 Å². The number of hydrogen-bond donors (Lipinski definition) is 1. The Morgan fingerprint density at radius 1 is 1.18 bits per heavy atom. The number of nitriles is 1. The molecule has 0 spiro atoms. The molecule has 1 aromatic carbocycles. The second kappa shape index (κ2) is 6.24. The molecule has 3 aromatic rings. The van der Waals surface area contributed by atoms with Crippen molar-refractivity contribution in [2.24, 2.45) is 0 Å². The summed E-state index contributed by atoms with van der Waals surface area (Å²) in [7, 11) is 0. The normalized spacial score (nSPS) is 10.2. The minimum absolute atomic E-state index is 0.315. The Morgan fingerprint density at radius 3 is 2.86 bits per heavy atom. The number of anilines is 1. The largest absolute Gasteiger partial charge is 0.361 e. The molecule has 3 rings (SSSR count). The summed E-state index contributed by atoms with van der Waals surface area (Å²) < 4.78 is 5.18. The van der Waals surface area contributed by atoms with E-state index in [9.17, 15) is 0 Å². The van der Waals surface area contributed by atoms with Gasteiger partial charge in [0.2, 0.25) is 11.7 Å². The molecule has 0 fully saturated rings. The number of pyridine rings is 1. The minimum Gasteiger partial charge on any atom is -0.361 e. The van der Waals surface area contributed by atoms with Gasteiger partial charge in [0.25, 0.3) is 0 Å². The van der Waals surface area contributed by atoms with Crippen molar-refractivity contribution in [1.29, 1.82) is 5.26 Å². The minimum atomic E-state index is 0.315. The molecule has 0 aliphatic rings. The van der Waals surface area contributed by atoms with Gasteiger partial charge in [-0.05, 0) is 24.3 Å². The Balaban J connectivity index is 1.71. The van der Waals surface area contributed by atoms with Crippen molar-refractivity contribution in [3.05, 3.63) is 59.1 Å². The summed E-state index contributed by atoms with van der Waals surface area (Å²) in [6.07, 6.45) is 0. The maximum absolute atomic E-state index is 8.81. The quantitative estimate of drug-likeness (QED) is 0.795. The molecule has 0 unspecified atom stereocenters. The smallest absolute Gasteiger partial charge is 0.246 e. The lowest BCUT2D eigenvalue weighted by Crippen LogP contribution is -2.02. The van der Waals surface area contributed by atoms with Gasteiger partial charge in [0.1, 0.15) is 17.6 Å². The summed E-state index contributed by atoms with van der Waals surface area (Å²) in [5.74, 6) is 1.46. The molecule has 0 radical (unpaired) electrons. The highest BCUT2D eigenvalue weighted by molar-refractivity contribution is 6.30. The Morgan fingerprint density at radius 2 is 2.05 bits per heavy atom. The molecule has 0 atom stereocenters. The first kappa shape index (κ1) is 14.0. The van der Waals surface area contributed by atoms with E-state index in [0.717, 1.165) is 5.56 Å². The van der Waals surface area contributed by atoms with E-state index < -0.39 is 0 Å². The lowest BCUT2D eigenvalue weighted by Gasteiger charge is -2.01. The van der Waals surface area contributed by atoms with E-state index in [1.54, 1.807) is 30.3 Å². The van der Waals surface area contributed by atoms with Crippen LogP contribution in [0.1, 0.15) is 11.6 Å². The fourth-order valence-corrected chi connectivity index (χ4v) is 2.02. The topological polar surface area (TPSA) is 87.6 Å². The zero-order chi connectivity index (χ0) is 15.4. The molecule has 0 saturated carbocycles. The number of hydrogen-bond acceptors (Lipinski definition) is 6. The summed E-state index contributed by atoms with van der Waals surface area (Å²) in [5.41, 5.74) is 1.13. The number of halogens is 1. The monoisotopic (exact) mass is 311 g/mol. The van der Waals surface area contributed by atoms with Crippen LogP contribution < -0.4 is 5.32 Å². The van der Waals surface area contributed by atoms with E-state index in [-0.39, 0.29) is 0 Å². The van der Waals surface area contributed by atoms with Crippen molar-refractivity contribution < 1.29 is 4.52 Å². The summed E-state index contributed by atoms with van der Waals surface area (Å²) in [5, 5.41) is 16.4. The molecule has 2 heterocycles. The Kier molecular flexibility index (Phi) is 3.99. The third kappa shape index (κ3) is 3.22. The van der Waals surface area contributed by atoms with Crippen LogP contribution in [0.15, 0.2) is 47.0 Å². The van der Waals surface area contributed by atoms with Crippen LogP contribution in [0.3, 0.4) is 0 Å². The van der Waals surface area contributed by atoms with Crippen LogP contribution in [0.2, 0.25) is 5.02 Å². The lowest BCUT2D eigenvalue weighted by atomic mass is 10.2. The molecular formula is C15H10ClN5O. The van der Waals surface area contributed by atoms with Gasteiger partial charge in [0, 0.05) is 10.6 Å². The van der Waals surface area contributed by atoms with E-state index in [1.807, 2.05) is 18.2 Å². The molecule has 0 amide bonds. The van der Waals surface area contributed by atoms with E-state index in [0.29, 0.717) is 34.8 Å². The second-order valence-electron chi connectivity index (χ2n) is 4.40. The molecule has 6 nitrogen and oxygen atoms in total. The molecule has 0 bridgehead atoms. The van der Waals surface area contributed by atoms with Crippen molar-refractivity contribution in [2.45, 2.75) is 6.54 Å². The van der Waals surface area contributed by atoms with Crippen molar-refractivity contribution >= 4 is 17.4 Å². The van der Waals surface area contributed by atoms with E-state index in [1.165, 1.54) is 0 Å².